The maximum Gasteiger partial charge on any atom is 0.416 e. The molecule has 2 N–H and O–H groups in total. The normalized spacial score (nSPS) is 12.8. The van der Waals surface area contributed by atoms with Crippen LogP contribution in [0.4, 0.5) is 32.0 Å². The zero-order valence-electron chi connectivity index (χ0n) is 19.7. The molecule has 0 aromatic heterocycles. The van der Waals surface area contributed by atoms with Crippen LogP contribution in [0.2, 0.25) is 0 Å². The van der Waals surface area contributed by atoms with Crippen LogP contribution in [0.5, 0.6) is 11.5 Å². The number of sulfone groups is 1. The van der Waals surface area contributed by atoms with Gasteiger partial charge in [0, 0.05) is 11.1 Å². The van der Waals surface area contributed by atoms with Crippen LogP contribution in [-0.2, 0) is 37.3 Å². The molecule has 0 saturated carbocycles. The third kappa shape index (κ3) is 7.37. The van der Waals surface area contributed by atoms with E-state index in [0.29, 0.717) is 18.2 Å². The number of hydrogen-bond acceptors (Lipinski definition) is 5. The van der Waals surface area contributed by atoms with Crippen molar-refractivity contribution in [2.75, 3.05) is 17.7 Å². The van der Waals surface area contributed by atoms with Crippen LogP contribution in [0, 0.1) is 5.41 Å². The largest absolute Gasteiger partial charge is 0.481 e. The Morgan fingerprint density at radius 2 is 1.62 bits per heavy atom. The molecule has 37 heavy (non-hydrogen) atoms. The Morgan fingerprint density at radius 1 is 1.00 bits per heavy atom. The summed E-state index contributed by atoms with van der Waals surface area (Å²) in [7, 11) is -5.47. The lowest BCUT2D eigenvalue weighted by atomic mass is 9.95. The number of carbonyl (C=O) groups excluding carboxylic acids is 1. The number of hydrogen-bond donors (Lipinski definition) is 2. The summed E-state index contributed by atoms with van der Waals surface area (Å²) < 4.78 is 113. The lowest BCUT2D eigenvalue weighted by Gasteiger charge is -2.23. The van der Waals surface area contributed by atoms with Gasteiger partial charge in [-0.1, -0.05) is 20.8 Å². The fraction of sp³-hybridized carbons (Fsp3) is 0.391. The molecular formula is C23H23F6NO6S. The average molecular weight is 555 g/mol. The molecule has 0 saturated heterocycles. The van der Waals surface area contributed by atoms with E-state index in [1.54, 1.807) is 0 Å². The van der Waals surface area contributed by atoms with Crippen molar-refractivity contribution in [2.45, 2.75) is 38.6 Å². The van der Waals surface area contributed by atoms with Crippen LogP contribution >= 0.6 is 0 Å². The highest BCUT2D eigenvalue weighted by atomic mass is 32.2. The molecule has 2 aromatic carbocycles. The summed E-state index contributed by atoms with van der Waals surface area (Å²) in [5.41, 5.74) is -4.34. The zero-order chi connectivity index (χ0) is 28.4. The van der Waals surface area contributed by atoms with Crippen molar-refractivity contribution in [1.29, 1.82) is 0 Å². The summed E-state index contributed by atoms with van der Waals surface area (Å²) in [4.78, 5) is 23.3. The number of ether oxygens (including phenoxy) is 1. The summed E-state index contributed by atoms with van der Waals surface area (Å²) in [5.74, 6) is -5.30. The van der Waals surface area contributed by atoms with E-state index in [4.69, 9.17) is 9.84 Å². The summed E-state index contributed by atoms with van der Waals surface area (Å²) in [6, 6.07) is 4.21. The van der Waals surface area contributed by atoms with Gasteiger partial charge in [-0.2, -0.15) is 22.0 Å². The summed E-state index contributed by atoms with van der Waals surface area (Å²) in [6.07, 6.45) is -5.81. The first-order valence-corrected chi connectivity index (χ1v) is 12.2. The van der Waals surface area contributed by atoms with Gasteiger partial charge >= 0.3 is 17.4 Å². The maximum atomic E-state index is 15.2. The highest BCUT2D eigenvalue weighted by Crippen LogP contribution is 2.44. The van der Waals surface area contributed by atoms with Crippen LogP contribution in [0.25, 0.3) is 0 Å². The molecule has 0 unspecified atom stereocenters. The Balaban J connectivity index is 2.69. The molecule has 2 rings (SSSR count). The van der Waals surface area contributed by atoms with E-state index < -0.39 is 80.0 Å². The number of aliphatic carboxylic acids is 1. The molecule has 0 bridgehead atoms. The SMILES string of the molecule is CC(C)(C)C(=O)Nc1ccc(Oc2cc(CC(=O)O)cc(C(F)(F)F)c2)c(C(F)(F)S(=O)(=O)CCF)c1. The molecule has 0 aliphatic heterocycles. The van der Waals surface area contributed by atoms with Gasteiger partial charge < -0.3 is 15.2 Å². The number of rotatable bonds is 9. The van der Waals surface area contributed by atoms with Gasteiger partial charge in [-0.25, -0.2) is 12.8 Å². The number of nitrogens with one attached hydrogen (secondary N) is 1. The molecule has 14 heteroatoms. The second-order valence-corrected chi connectivity index (χ2v) is 11.1. The summed E-state index contributed by atoms with van der Waals surface area (Å²) >= 11 is 0. The van der Waals surface area contributed by atoms with Gasteiger partial charge in [0.1, 0.15) is 18.2 Å². The predicted molar refractivity (Wildman–Crippen MR) is 121 cm³/mol. The number of halogens is 6. The fourth-order valence-corrected chi connectivity index (χ4v) is 3.88. The van der Waals surface area contributed by atoms with Gasteiger partial charge in [0.2, 0.25) is 15.7 Å². The first-order chi connectivity index (χ1) is 16.8. The topological polar surface area (TPSA) is 110 Å². The van der Waals surface area contributed by atoms with Gasteiger partial charge in [-0.15, -0.1) is 0 Å². The average Bonchev–Trinajstić information content (AvgIpc) is 2.72. The molecule has 7 nitrogen and oxygen atoms in total. The Labute approximate surface area is 208 Å². The van der Waals surface area contributed by atoms with Crippen LogP contribution in [-0.4, -0.2) is 37.8 Å². The number of carboxylic acid groups (broad SMARTS) is 1. The fourth-order valence-electron chi connectivity index (χ4n) is 2.93. The van der Waals surface area contributed by atoms with Gasteiger partial charge in [0.25, 0.3) is 0 Å². The standard InChI is InChI=1S/C23H23F6NO6S/c1-21(2,3)20(33)30-15-4-5-18(17(12-15)23(28,29)37(34,35)7-6-24)36-16-9-13(10-19(31)32)8-14(11-16)22(25,26)27/h4-5,8-9,11-12H,6-7,10H2,1-3H3,(H,30,33)(H,31,32). The van der Waals surface area contributed by atoms with Crippen molar-refractivity contribution in [3.8, 4) is 11.5 Å². The van der Waals surface area contributed by atoms with Crippen LogP contribution < -0.4 is 10.1 Å². The Kier molecular flexibility index (Phi) is 8.57. The minimum atomic E-state index is -5.47. The van der Waals surface area contributed by atoms with Crippen molar-refractivity contribution in [3.05, 3.63) is 53.1 Å². The van der Waals surface area contributed by atoms with E-state index in [9.17, 15) is 35.6 Å². The minimum Gasteiger partial charge on any atom is -0.481 e. The van der Waals surface area contributed by atoms with E-state index in [2.05, 4.69) is 5.32 Å². The second-order valence-electron chi connectivity index (χ2n) is 8.98. The molecule has 1 amide bonds. The number of benzene rings is 2. The predicted octanol–water partition coefficient (Wildman–Crippen LogP) is 5.54. The quantitative estimate of drug-likeness (QED) is 0.393. The third-order valence-electron chi connectivity index (χ3n) is 4.85. The Hall–Kier alpha value is -3.29. The van der Waals surface area contributed by atoms with Gasteiger partial charge in [0.15, 0.2) is 0 Å². The zero-order valence-corrected chi connectivity index (χ0v) is 20.6. The van der Waals surface area contributed by atoms with Crippen molar-refractivity contribution in [2.24, 2.45) is 5.41 Å². The highest BCUT2D eigenvalue weighted by Gasteiger charge is 2.49. The molecule has 0 fully saturated rings. The monoisotopic (exact) mass is 555 g/mol. The number of amides is 1. The number of anilines is 1. The Morgan fingerprint density at radius 3 is 2.14 bits per heavy atom. The molecule has 0 aliphatic carbocycles. The number of carbonyl (C=O) groups is 2. The van der Waals surface area contributed by atoms with Crippen molar-refractivity contribution in [3.63, 3.8) is 0 Å². The molecular weight excluding hydrogens is 532 g/mol. The van der Waals surface area contributed by atoms with Crippen LogP contribution in [0.1, 0.15) is 37.5 Å². The second kappa shape index (κ2) is 10.6. The van der Waals surface area contributed by atoms with Crippen molar-refractivity contribution >= 4 is 27.4 Å². The molecule has 204 valence electrons. The molecule has 0 atom stereocenters. The smallest absolute Gasteiger partial charge is 0.416 e. The number of alkyl halides is 6. The minimum absolute atomic E-state index is 0.284. The van der Waals surface area contributed by atoms with E-state index in [1.807, 2.05) is 0 Å². The lowest BCUT2D eigenvalue weighted by molar-refractivity contribution is -0.138. The van der Waals surface area contributed by atoms with Gasteiger partial charge in [-0.05, 0) is 42.0 Å². The molecule has 0 spiro atoms. The summed E-state index contributed by atoms with van der Waals surface area (Å²) in [6.45, 7) is 2.91. The highest BCUT2D eigenvalue weighted by molar-refractivity contribution is 7.92. The van der Waals surface area contributed by atoms with Gasteiger partial charge in [0.05, 0.1) is 23.3 Å². The van der Waals surface area contributed by atoms with E-state index in [-0.39, 0.29) is 11.3 Å². The van der Waals surface area contributed by atoms with Crippen LogP contribution in [0.3, 0.4) is 0 Å². The van der Waals surface area contributed by atoms with Crippen molar-refractivity contribution in [1.82, 2.24) is 0 Å². The maximum absolute atomic E-state index is 15.2. The van der Waals surface area contributed by atoms with Crippen molar-refractivity contribution < 1.29 is 54.2 Å². The summed E-state index contributed by atoms with van der Waals surface area (Å²) in [5, 5.41) is 6.48. The first-order valence-electron chi connectivity index (χ1n) is 10.5. The third-order valence-corrected chi connectivity index (χ3v) is 6.54. The first kappa shape index (κ1) is 29.9. The number of carboxylic acids is 1. The van der Waals surface area contributed by atoms with E-state index in [0.717, 1.165) is 18.2 Å². The molecule has 0 aliphatic rings. The van der Waals surface area contributed by atoms with E-state index in [1.165, 1.54) is 20.8 Å². The van der Waals surface area contributed by atoms with E-state index >= 15 is 8.78 Å². The van der Waals surface area contributed by atoms with Crippen LogP contribution in [0.15, 0.2) is 36.4 Å². The molecule has 0 radical (unpaired) electrons. The molecule has 0 heterocycles. The van der Waals surface area contributed by atoms with Gasteiger partial charge in [-0.3, -0.25) is 9.59 Å². The Bertz CT molecular complexity index is 1290. The molecule has 2 aromatic rings. The lowest BCUT2D eigenvalue weighted by Crippen LogP contribution is -2.31.